The number of hydrogen-bond donors (Lipinski definition) is 2. The molecule has 7 nitrogen and oxygen atoms in total. The van der Waals surface area contributed by atoms with Gasteiger partial charge in [0.25, 0.3) is 0 Å². The summed E-state index contributed by atoms with van der Waals surface area (Å²) in [6.07, 6.45) is 7.70. The Kier molecular flexibility index (Phi) is 6.44. The first-order valence-corrected chi connectivity index (χ1v) is 8.51. The van der Waals surface area contributed by atoms with E-state index in [1.165, 1.54) is 0 Å². The molecule has 0 fully saturated rings. The summed E-state index contributed by atoms with van der Waals surface area (Å²) in [6, 6.07) is 11.4. The van der Waals surface area contributed by atoms with Crippen LogP contribution < -0.4 is 10.6 Å². The van der Waals surface area contributed by atoms with Crippen LogP contribution in [0.25, 0.3) is 5.69 Å². The summed E-state index contributed by atoms with van der Waals surface area (Å²) in [6.45, 7) is 2.00. The van der Waals surface area contributed by atoms with E-state index < -0.39 is 0 Å². The Labute approximate surface area is 152 Å². The topological polar surface area (TPSA) is 81.3 Å². The fraction of sp³-hybridized carbons (Fsp3) is 0.263. The molecule has 2 amide bonds. The van der Waals surface area contributed by atoms with Crippen molar-refractivity contribution in [3.63, 3.8) is 0 Å². The van der Waals surface area contributed by atoms with Gasteiger partial charge < -0.3 is 24.4 Å². The number of aromatic nitrogens is 2. The standard InChI is InChI=1S/C19H22N4O3/c24-19(21-8-4-11-25-14-17-6-3-12-26-17)22-13-16-5-1-2-7-18(16)23-10-9-20-15-23/h1-3,5-7,9-10,12,15H,4,8,11,13-14H2,(H2,21,22,24). The predicted octanol–water partition coefficient (Wildman–Crippen LogP) is 2.87. The van der Waals surface area contributed by atoms with Crippen LogP contribution in [0.15, 0.2) is 65.8 Å². The number of benzene rings is 1. The van der Waals surface area contributed by atoms with E-state index in [2.05, 4.69) is 15.6 Å². The van der Waals surface area contributed by atoms with Crippen LogP contribution in [0.3, 0.4) is 0 Å². The van der Waals surface area contributed by atoms with Crippen LogP contribution in [0, 0.1) is 0 Å². The second kappa shape index (κ2) is 9.43. The van der Waals surface area contributed by atoms with Gasteiger partial charge in [-0.1, -0.05) is 18.2 Å². The molecular formula is C19H22N4O3. The third-order valence-electron chi connectivity index (χ3n) is 3.79. The molecule has 0 spiro atoms. The van der Waals surface area contributed by atoms with Crippen LogP contribution in [-0.2, 0) is 17.9 Å². The summed E-state index contributed by atoms with van der Waals surface area (Å²) in [5.74, 6) is 0.798. The number of amides is 2. The molecule has 0 unspecified atom stereocenters. The van der Waals surface area contributed by atoms with Gasteiger partial charge >= 0.3 is 6.03 Å². The zero-order valence-corrected chi connectivity index (χ0v) is 14.4. The van der Waals surface area contributed by atoms with Gasteiger partial charge in [-0.15, -0.1) is 0 Å². The van der Waals surface area contributed by atoms with Gasteiger partial charge in [-0.05, 0) is 30.2 Å². The van der Waals surface area contributed by atoms with E-state index in [9.17, 15) is 4.79 Å². The molecular weight excluding hydrogens is 332 g/mol. The number of nitrogens with one attached hydrogen (secondary N) is 2. The molecule has 2 aromatic heterocycles. The zero-order chi connectivity index (χ0) is 18.0. The summed E-state index contributed by atoms with van der Waals surface area (Å²) in [7, 11) is 0. The highest BCUT2D eigenvalue weighted by Crippen LogP contribution is 2.13. The Morgan fingerprint density at radius 1 is 1.19 bits per heavy atom. The van der Waals surface area contributed by atoms with Crippen molar-refractivity contribution in [2.45, 2.75) is 19.6 Å². The van der Waals surface area contributed by atoms with E-state index in [0.717, 1.165) is 23.4 Å². The van der Waals surface area contributed by atoms with Gasteiger partial charge in [0.1, 0.15) is 12.4 Å². The summed E-state index contributed by atoms with van der Waals surface area (Å²) in [5.41, 5.74) is 2.01. The van der Waals surface area contributed by atoms with Crippen LogP contribution >= 0.6 is 0 Å². The van der Waals surface area contributed by atoms with E-state index in [0.29, 0.717) is 26.3 Å². The lowest BCUT2D eigenvalue weighted by atomic mass is 10.1. The minimum Gasteiger partial charge on any atom is -0.467 e. The molecule has 0 aliphatic carbocycles. The number of carbonyl (C=O) groups excluding carboxylic acids is 1. The molecule has 0 bridgehead atoms. The normalized spacial score (nSPS) is 10.6. The lowest BCUT2D eigenvalue weighted by Gasteiger charge is -2.12. The maximum Gasteiger partial charge on any atom is 0.315 e. The quantitative estimate of drug-likeness (QED) is 0.579. The van der Waals surface area contributed by atoms with Crippen molar-refractivity contribution in [1.82, 2.24) is 20.2 Å². The van der Waals surface area contributed by atoms with Gasteiger partial charge in [-0.2, -0.15) is 0 Å². The van der Waals surface area contributed by atoms with Crippen LogP contribution in [0.2, 0.25) is 0 Å². The Morgan fingerprint density at radius 2 is 2.12 bits per heavy atom. The lowest BCUT2D eigenvalue weighted by molar-refractivity contribution is 0.104. The molecule has 0 aliphatic rings. The molecule has 0 atom stereocenters. The first-order chi connectivity index (χ1) is 12.8. The second-order valence-corrected chi connectivity index (χ2v) is 5.69. The number of hydrogen-bond acceptors (Lipinski definition) is 4. The highest BCUT2D eigenvalue weighted by atomic mass is 16.5. The van der Waals surface area contributed by atoms with Crippen LogP contribution in [0.4, 0.5) is 4.79 Å². The fourth-order valence-corrected chi connectivity index (χ4v) is 2.50. The maximum absolute atomic E-state index is 11.9. The Balaban J connectivity index is 1.34. The van der Waals surface area contributed by atoms with Gasteiger partial charge in [-0.3, -0.25) is 0 Å². The second-order valence-electron chi connectivity index (χ2n) is 5.69. The number of ether oxygens (including phenoxy) is 1. The molecule has 0 radical (unpaired) electrons. The molecule has 136 valence electrons. The van der Waals surface area contributed by atoms with Crippen molar-refractivity contribution >= 4 is 6.03 Å². The van der Waals surface area contributed by atoms with Crippen LogP contribution in [0.5, 0.6) is 0 Å². The van der Waals surface area contributed by atoms with Gasteiger partial charge in [0.2, 0.25) is 0 Å². The lowest BCUT2D eigenvalue weighted by Crippen LogP contribution is -2.36. The van der Waals surface area contributed by atoms with E-state index >= 15 is 0 Å². The van der Waals surface area contributed by atoms with Crippen LogP contribution in [0.1, 0.15) is 17.7 Å². The average Bonchev–Trinajstić information content (AvgIpc) is 3.37. The van der Waals surface area contributed by atoms with Gasteiger partial charge in [-0.25, -0.2) is 9.78 Å². The minimum atomic E-state index is -0.198. The molecule has 0 saturated heterocycles. The van der Waals surface area contributed by atoms with Crippen molar-refractivity contribution in [3.8, 4) is 5.69 Å². The Hall–Kier alpha value is -3.06. The van der Waals surface area contributed by atoms with E-state index in [4.69, 9.17) is 9.15 Å². The molecule has 0 saturated carbocycles. The summed E-state index contributed by atoms with van der Waals surface area (Å²) < 4.78 is 12.6. The Morgan fingerprint density at radius 3 is 2.92 bits per heavy atom. The fourth-order valence-electron chi connectivity index (χ4n) is 2.50. The summed E-state index contributed by atoms with van der Waals surface area (Å²) >= 11 is 0. The number of rotatable bonds is 9. The van der Waals surface area contributed by atoms with Gasteiger partial charge in [0.05, 0.1) is 18.3 Å². The third kappa shape index (κ3) is 5.22. The molecule has 3 aromatic rings. The van der Waals surface area contributed by atoms with Crippen molar-refractivity contribution in [1.29, 1.82) is 0 Å². The molecule has 7 heteroatoms. The SMILES string of the molecule is O=C(NCCCOCc1ccco1)NCc1ccccc1-n1ccnc1. The Bertz CT molecular complexity index is 785. The van der Waals surface area contributed by atoms with Crippen molar-refractivity contribution < 1.29 is 13.9 Å². The maximum atomic E-state index is 11.9. The smallest absolute Gasteiger partial charge is 0.315 e. The number of furan rings is 1. The molecule has 2 heterocycles. The zero-order valence-electron chi connectivity index (χ0n) is 14.4. The molecule has 0 aliphatic heterocycles. The highest BCUT2D eigenvalue weighted by Gasteiger charge is 2.05. The number of urea groups is 1. The molecule has 3 rings (SSSR count). The monoisotopic (exact) mass is 354 g/mol. The predicted molar refractivity (Wildman–Crippen MR) is 96.8 cm³/mol. The van der Waals surface area contributed by atoms with E-state index in [1.54, 1.807) is 18.8 Å². The van der Waals surface area contributed by atoms with Gasteiger partial charge in [0, 0.05) is 32.1 Å². The number of imidazole rings is 1. The van der Waals surface area contributed by atoms with Crippen LogP contribution in [-0.4, -0.2) is 28.7 Å². The van der Waals surface area contributed by atoms with Crippen molar-refractivity contribution in [2.24, 2.45) is 0 Å². The first-order valence-electron chi connectivity index (χ1n) is 8.51. The number of para-hydroxylation sites is 1. The molecule has 1 aromatic carbocycles. The third-order valence-corrected chi connectivity index (χ3v) is 3.79. The van der Waals surface area contributed by atoms with Gasteiger partial charge in [0.15, 0.2) is 0 Å². The number of nitrogens with zero attached hydrogens (tertiary/aromatic N) is 2. The largest absolute Gasteiger partial charge is 0.467 e. The number of carbonyl (C=O) groups is 1. The molecule has 26 heavy (non-hydrogen) atoms. The van der Waals surface area contributed by atoms with E-state index in [1.807, 2.05) is 47.2 Å². The summed E-state index contributed by atoms with van der Waals surface area (Å²) in [4.78, 5) is 16.0. The van der Waals surface area contributed by atoms with Crippen molar-refractivity contribution in [2.75, 3.05) is 13.2 Å². The minimum absolute atomic E-state index is 0.198. The van der Waals surface area contributed by atoms with Crippen molar-refractivity contribution in [3.05, 3.63) is 72.7 Å². The van der Waals surface area contributed by atoms with E-state index in [-0.39, 0.29) is 6.03 Å². The molecule has 2 N–H and O–H groups in total. The summed E-state index contributed by atoms with van der Waals surface area (Å²) in [5, 5.41) is 5.70. The average molecular weight is 354 g/mol. The first kappa shape index (κ1) is 17.8. The highest BCUT2D eigenvalue weighted by molar-refractivity contribution is 5.73.